The molecule has 4 heteroatoms. The van der Waals surface area contributed by atoms with Crippen molar-refractivity contribution in [2.45, 2.75) is 13.0 Å². The summed E-state index contributed by atoms with van der Waals surface area (Å²) in [6, 6.07) is 17.1. The molecule has 0 saturated heterocycles. The highest BCUT2D eigenvalue weighted by Crippen LogP contribution is 2.16. The SMILES string of the molecule is CC(Nc1ccc(N(C)C)cc1)C(=O)Nc1ccccc1. The van der Waals surface area contributed by atoms with E-state index in [0.717, 1.165) is 17.1 Å². The average Bonchev–Trinajstić information content (AvgIpc) is 2.48. The van der Waals surface area contributed by atoms with Gasteiger partial charge in [0.05, 0.1) is 0 Å². The molecule has 0 aliphatic heterocycles. The Bertz CT molecular complexity index is 579. The minimum Gasteiger partial charge on any atom is -0.378 e. The second-order valence-corrected chi connectivity index (χ2v) is 5.16. The maximum absolute atomic E-state index is 12.1. The number of nitrogens with one attached hydrogen (secondary N) is 2. The van der Waals surface area contributed by atoms with Crippen LogP contribution in [0.25, 0.3) is 0 Å². The van der Waals surface area contributed by atoms with Crippen molar-refractivity contribution in [3.05, 3.63) is 54.6 Å². The van der Waals surface area contributed by atoms with E-state index in [1.807, 2.05) is 80.5 Å². The second-order valence-electron chi connectivity index (χ2n) is 5.16. The molecule has 2 aromatic carbocycles. The van der Waals surface area contributed by atoms with Crippen LogP contribution in [-0.4, -0.2) is 26.0 Å². The molecule has 0 aliphatic carbocycles. The number of hydrogen-bond donors (Lipinski definition) is 2. The average molecular weight is 283 g/mol. The zero-order chi connectivity index (χ0) is 15.2. The summed E-state index contributed by atoms with van der Waals surface area (Å²) >= 11 is 0. The van der Waals surface area contributed by atoms with Crippen LogP contribution in [0.5, 0.6) is 0 Å². The van der Waals surface area contributed by atoms with E-state index in [0.29, 0.717) is 0 Å². The molecule has 0 saturated carbocycles. The minimum atomic E-state index is -0.310. The van der Waals surface area contributed by atoms with Crippen LogP contribution in [0.2, 0.25) is 0 Å². The number of carbonyl (C=O) groups excluding carboxylic acids is 1. The molecule has 1 atom stereocenters. The van der Waals surface area contributed by atoms with Crippen molar-refractivity contribution in [2.24, 2.45) is 0 Å². The van der Waals surface area contributed by atoms with Gasteiger partial charge in [0, 0.05) is 31.2 Å². The molecular formula is C17H21N3O. The van der Waals surface area contributed by atoms with E-state index in [1.165, 1.54) is 0 Å². The number of benzene rings is 2. The normalized spacial score (nSPS) is 11.6. The zero-order valence-corrected chi connectivity index (χ0v) is 12.6. The Balaban J connectivity index is 1.94. The summed E-state index contributed by atoms with van der Waals surface area (Å²) in [6.45, 7) is 1.85. The van der Waals surface area contributed by atoms with Crippen LogP contribution in [0.15, 0.2) is 54.6 Å². The molecule has 2 rings (SSSR count). The highest BCUT2D eigenvalue weighted by atomic mass is 16.2. The number of anilines is 3. The summed E-state index contributed by atoms with van der Waals surface area (Å²) in [7, 11) is 4.00. The fourth-order valence-electron chi connectivity index (χ4n) is 1.94. The molecule has 4 nitrogen and oxygen atoms in total. The lowest BCUT2D eigenvalue weighted by atomic mass is 10.2. The number of para-hydroxylation sites is 1. The summed E-state index contributed by atoms with van der Waals surface area (Å²) in [5, 5.41) is 6.08. The molecule has 0 bridgehead atoms. The highest BCUT2D eigenvalue weighted by molar-refractivity contribution is 5.96. The third-order valence-corrected chi connectivity index (χ3v) is 3.20. The van der Waals surface area contributed by atoms with Crippen molar-refractivity contribution >= 4 is 23.0 Å². The van der Waals surface area contributed by atoms with Gasteiger partial charge in [0.1, 0.15) is 6.04 Å². The fraction of sp³-hybridized carbons (Fsp3) is 0.235. The second kappa shape index (κ2) is 6.79. The van der Waals surface area contributed by atoms with Gasteiger partial charge in [0.25, 0.3) is 0 Å². The lowest BCUT2D eigenvalue weighted by molar-refractivity contribution is -0.116. The molecule has 1 amide bonds. The van der Waals surface area contributed by atoms with Gasteiger partial charge in [-0.05, 0) is 43.3 Å². The third-order valence-electron chi connectivity index (χ3n) is 3.20. The quantitative estimate of drug-likeness (QED) is 0.885. The van der Waals surface area contributed by atoms with Crippen LogP contribution in [0.3, 0.4) is 0 Å². The molecule has 21 heavy (non-hydrogen) atoms. The first-order valence-corrected chi connectivity index (χ1v) is 6.96. The number of nitrogens with zero attached hydrogens (tertiary/aromatic N) is 1. The van der Waals surface area contributed by atoms with Crippen LogP contribution in [0.4, 0.5) is 17.1 Å². The van der Waals surface area contributed by atoms with Crippen LogP contribution < -0.4 is 15.5 Å². The van der Waals surface area contributed by atoms with E-state index in [1.54, 1.807) is 0 Å². The van der Waals surface area contributed by atoms with Crippen molar-refractivity contribution in [1.29, 1.82) is 0 Å². The maximum Gasteiger partial charge on any atom is 0.246 e. The standard InChI is InChI=1S/C17H21N3O/c1-13(17(21)19-14-7-5-4-6-8-14)18-15-9-11-16(12-10-15)20(2)3/h4-13,18H,1-3H3,(H,19,21). The number of carbonyl (C=O) groups is 1. The van der Waals surface area contributed by atoms with Gasteiger partial charge < -0.3 is 15.5 Å². The lowest BCUT2D eigenvalue weighted by Gasteiger charge is -2.17. The van der Waals surface area contributed by atoms with E-state index in [2.05, 4.69) is 10.6 Å². The van der Waals surface area contributed by atoms with Crippen molar-refractivity contribution in [3.8, 4) is 0 Å². The van der Waals surface area contributed by atoms with Crippen molar-refractivity contribution in [3.63, 3.8) is 0 Å². The van der Waals surface area contributed by atoms with Crippen LogP contribution in [0, 0.1) is 0 Å². The Morgan fingerprint density at radius 3 is 2.14 bits per heavy atom. The first kappa shape index (κ1) is 14.9. The molecule has 0 aromatic heterocycles. The first-order chi connectivity index (χ1) is 10.1. The molecule has 0 fully saturated rings. The lowest BCUT2D eigenvalue weighted by Crippen LogP contribution is -2.31. The molecule has 0 heterocycles. The third kappa shape index (κ3) is 4.24. The van der Waals surface area contributed by atoms with Gasteiger partial charge >= 0.3 is 0 Å². The summed E-state index contributed by atoms with van der Waals surface area (Å²) in [5.41, 5.74) is 2.86. The molecular weight excluding hydrogens is 262 g/mol. The molecule has 2 N–H and O–H groups in total. The molecule has 0 spiro atoms. The molecule has 2 aromatic rings. The Hall–Kier alpha value is -2.49. The van der Waals surface area contributed by atoms with Gasteiger partial charge in [-0.25, -0.2) is 0 Å². The van der Waals surface area contributed by atoms with E-state index in [4.69, 9.17) is 0 Å². The van der Waals surface area contributed by atoms with Crippen molar-refractivity contribution in [2.75, 3.05) is 29.6 Å². The van der Waals surface area contributed by atoms with Crippen LogP contribution in [0.1, 0.15) is 6.92 Å². The van der Waals surface area contributed by atoms with Crippen molar-refractivity contribution < 1.29 is 4.79 Å². The maximum atomic E-state index is 12.1. The van der Waals surface area contributed by atoms with Crippen LogP contribution >= 0.6 is 0 Å². The van der Waals surface area contributed by atoms with Gasteiger partial charge in [-0.1, -0.05) is 18.2 Å². The summed E-state index contributed by atoms with van der Waals surface area (Å²) < 4.78 is 0. The number of amides is 1. The smallest absolute Gasteiger partial charge is 0.246 e. The van der Waals surface area contributed by atoms with E-state index < -0.39 is 0 Å². The van der Waals surface area contributed by atoms with Gasteiger partial charge in [-0.15, -0.1) is 0 Å². The van der Waals surface area contributed by atoms with Gasteiger partial charge in [-0.2, -0.15) is 0 Å². The Labute approximate surface area is 125 Å². The molecule has 0 radical (unpaired) electrons. The van der Waals surface area contributed by atoms with Gasteiger partial charge in [0.2, 0.25) is 5.91 Å². The number of hydrogen-bond acceptors (Lipinski definition) is 3. The molecule has 110 valence electrons. The topological polar surface area (TPSA) is 44.4 Å². The number of rotatable bonds is 5. The molecule has 1 unspecified atom stereocenters. The first-order valence-electron chi connectivity index (χ1n) is 6.96. The molecule has 0 aliphatic rings. The highest BCUT2D eigenvalue weighted by Gasteiger charge is 2.12. The van der Waals surface area contributed by atoms with Gasteiger partial charge in [-0.3, -0.25) is 4.79 Å². The van der Waals surface area contributed by atoms with E-state index in [-0.39, 0.29) is 11.9 Å². The largest absolute Gasteiger partial charge is 0.378 e. The van der Waals surface area contributed by atoms with Gasteiger partial charge in [0.15, 0.2) is 0 Å². The monoisotopic (exact) mass is 283 g/mol. The summed E-state index contributed by atoms with van der Waals surface area (Å²) in [6.07, 6.45) is 0. The van der Waals surface area contributed by atoms with E-state index >= 15 is 0 Å². The fourth-order valence-corrected chi connectivity index (χ4v) is 1.94. The Morgan fingerprint density at radius 1 is 0.952 bits per heavy atom. The Kier molecular flexibility index (Phi) is 4.82. The van der Waals surface area contributed by atoms with E-state index in [9.17, 15) is 4.79 Å². The predicted molar refractivity (Wildman–Crippen MR) is 88.9 cm³/mol. The summed E-state index contributed by atoms with van der Waals surface area (Å²) in [4.78, 5) is 14.1. The minimum absolute atomic E-state index is 0.0575. The Morgan fingerprint density at radius 2 is 1.57 bits per heavy atom. The summed E-state index contributed by atoms with van der Waals surface area (Å²) in [5.74, 6) is -0.0575. The van der Waals surface area contributed by atoms with Crippen LogP contribution in [-0.2, 0) is 4.79 Å². The zero-order valence-electron chi connectivity index (χ0n) is 12.6. The van der Waals surface area contributed by atoms with Crippen molar-refractivity contribution in [1.82, 2.24) is 0 Å². The predicted octanol–water partition coefficient (Wildman–Crippen LogP) is 3.19.